The molecule has 2 aromatic carbocycles. The molecule has 0 radical (unpaired) electrons. The van der Waals surface area contributed by atoms with E-state index in [1.54, 1.807) is 11.0 Å². The highest BCUT2D eigenvalue weighted by Crippen LogP contribution is 2.44. The van der Waals surface area contributed by atoms with Gasteiger partial charge in [-0.15, -0.1) is 0 Å². The van der Waals surface area contributed by atoms with Gasteiger partial charge in [-0.05, 0) is 43.5 Å². The summed E-state index contributed by atoms with van der Waals surface area (Å²) in [6.45, 7) is 3.84. The monoisotopic (exact) mass is 431 g/mol. The van der Waals surface area contributed by atoms with E-state index in [0.29, 0.717) is 25.3 Å². The molecule has 2 aliphatic rings. The quantitative estimate of drug-likeness (QED) is 0.649. The lowest BCUT2D eigenvalue weighted by Gasteiger charge is -2.48. The lowest BCUT2D eigenvalue weighted by molar-refractivity contribution is -0.190. The van der Waals surface area contributed by atoms with Crippen molar-refractivity contribution in [1.29, 1.82) is 0 Å². The molecule has 1 spiro atoms. The van der Waals surface area contributed by atoms with Gasteiger partial charge in [0.2, 0.25) is 0 Å². The average Bonchev–Trinajstić information content (AvgIpc) is 2.76. The Kier molecular flexibility index (Phi) is 6.42. The summed E-state index contributed by atoms with van der Waals surface area (Å²) in [5.74, 6) is -0.742. The lowest BCUT2D eigenvalue weighted by atomic mass is 9.80. The van der Waals surface area contributed by atoms with Gasteiger partial charge in [-0.25, -0.2) is 4.39 Å². The Morgan fingerprint density at radius 3 is 2.63 bits per heavy atom. The minimum absolute atomic E-state index is 0.0101. The summed E-state index contributed by atoms with van der Waals surface area (Å²) in [6, 6.07) is 14.5. The molecule has 2 fully saturated rings. The molecule has 4 rings (SSSR count). The van der Waals surface area contributed by atoms with Crippen molar-refractivity contribution in [2.24, 2.45) is 0 Å². The summed E-state index contributed by atoms with van der Waals surface area (Å²) in [5.41, 5.74) is 1.18. The van der Waals surface area contributed by atoms with E-state index in [0.717, 1.165) is 31.2 Å². The lowest BCUT2D eigenvalue weighted by Crippen LogP contribution is -2.52. The molecule has 6 heteroatoms. The predicted molar refractivity (Wildman–Crippen MR) is 114 cm³/mol. The minimum atomic E-state index is -0.572. The number of ether oxygens (including phenoxy) is 2. The highest BCUT2D eigenvalue weighted by molar-refractivity contribution is 6.30. The van der Waals surface area contributed by atoms with E-state index in [-0.39, 0.29) is 28.7 Å². The number of carbonyl (C=O) groups is 1. The highest BCUT2D eigenvalue weighted by Gasteiger charge is 2.45. The number of piperidine rings is 1. The summed E-state index contributed by atoms with van der Waals surface area (Å²) < 4.78 is 26.4. The van der Waals surface area contributed by atoms with Crippen LogP contribution in [0.1, 0.15) is 54.6 Å². The maximum absolute atomic E-state index is 13.8. The van der Waals surface area contributed by atoms with Gasteiger partial charge in [0.25, 0.3) is 5.91 Å². The Bertz CT molecular complexity index is 883. The highest BCUT2D eigenvalue weighted by atomic mass is 35.5. The standard InChI is InChI=1S/C24H27ClFNO3/c1-2-29-19-15-22(17-6-4-3-5-7-17)30-24(16-19)10-12-27(13-11-24)23(28)18-8-9-20(25)21(26)14-18/h3-9,14,19,22H,2,10-13,15-16H2,1H3/t19-,22-/m0/s1. The van der Waals surface area contributed by atoms with Crippen molar-refractivity contribution >= 4 is 17.5 Å². The smallest absolute Gasteiger partial charge is 0.253 e. The van der Waals surface area contributed by atoms with Gasteiger partial charge in [0.15, 0.2) is 0 Å². The van der Waals surface area contributed by atoms with Crippen molar-refractivity contribution < 1.29 is 18.7 Å². The molecule has 2 aliphatic heterocycles. The van der Waals surface area contributed by atoms with Gasteiger partial charge in [-0.2, -0.15) is 0 Å². The van der Waals surface area contributed by atoms with Crippen LogP contribution < -0.4 is 0 Å². The molecule has 4 nitrogen and oxygen atoms in total. The zero-order valence-electron chi connectivity index (χ0n) is 17.2. The number of halogens is 2. The van der Waals surface area contributed by atoms with Crippen LogP contribution in [-0.2, 0) is 9.47 Å². The second-order valence-corrected chi connectivity index (χ2v) is 8.55. The molecule has 2 saturated heterocycles. The summed E-state index contributed by atoms with van der Waals surface area (Å²) >= 11 is 5.74. The molecule has 1 amide bonds. The Balaban J connectivity index is 1.47. The van der Waals surface area contributed by atoms with Crippen molar-refractivity contribution in [3.05, 3.63) is 70.5 Å². The summed E-state index contributed by atoms with van der Waals surface area (Å²) in [7, 11) is 0. The van der Waals surface area contributed by atoms with Crippen LogP contribution in [0.3, 0.4) is 0 Å². The SMILES string of the molecule is CCO[C@H]1C[C@@H](c2ccccc2)OC2(CCN(C(=O)c3ccc(Cl)c(F)c3)CC2)C1. The van der Waals surface area contributed by atoms with Crippen LogP contribution in [-0.4, -0.2) is 42.2 Å². The van der Waals surface area contributed by atoms with Crippen LogP contribution in [0.4, 0.5) is 4.39 Å². The Hall–Kier alpha value is -1.95. The number of hydrogen-bond donors (Lipinski definition) is 0. The van der Waals surface area contributed by atoms with Gasteiger partial charge < -0.3 is 14.4 Å². The first-order valence-electron chi connectivity index (χ1n) is 10.6. The van der Waals surface area contributed by atoms with E-state index in [1.807, 2.05) is 25.1 Å². The van der Waals surface area contributed by atoms with Gasteiger partial charge in [-0.3, -0.25) is 4.79 Å². The van der Waals surface area contributed by atoms with E-state index in [9.17, 15) is 9.18 Å². The second-order valence-electron chi connectivity index (χ2n) is 8.14. The minimum Gasteiger partial charge on any atom is -0.378 e. The van der Waals surface area contributed by atoms with Crippen LogP contribution >= 0.6 is 11.6 Å². The fourth-order valence-electron chi connectivity index (χ4n) is 4.62. The van der Waals surface area contributed by atoms with Crippen molar-refractivity contribution in [3.8, 4) is 0 Å². The van der Waals surface area contributed by atoms with Gasteiger partial charge in [-0.1, -0.05) is 41.9 Å². The molecule has 0 aromatic heterocycles. The van der Waals surface area contributed by atoms with Crippen LogP contribution in [0.15, 0.2) is 48.5 Å². The molecular weight excluding hydrogens is 405 g/mol. The maximum Gasteiger partial charge on any atom is 0.253 e. The van der Waals surface area contributed by atoms with Gasteiger partial charge in [0, 0.05) is 38.1 Å². The van der Waals surface area contributed by atoms with Crippen molar-refractivity contribution in [1.82, 2.24) is 4.90 Å². The molecule has 0 N–H and O–H groups in total. The third-order valence-corrected chi connectivity index (χ3v) is 6.48. The zero-order chi connectivity index (χ0) is 21.1. The molecule has 0 saturated carbocycles. The third kappa shape index (κ3) is 4.53. The van der Waals surface area contributed by atoms with E-state index >= 15 is 0 Å². The average molecular weight is 432 g/mol. The van der Waals surface area contributed by atoms with Crippen LogP contribution in [0.25, 0.3) is 0 Å². The van der Waals surface area contributed by atoms with Crippen molar-refractivity contribution in [3.63, 3.8) is 0 Å². The normalized spacial score (nSPS) is 23.5. The first-order chi connectivity index (χ1) is 14.5. The van der Waals surface area contributed by atoms with E-state index < -0.39 is 5.82 Å². The second kappa shape index (κ2) is 9.04. The van der Waals surface area contributed by atoms with Gasteiger partial charge in [0.05, 0.1) is 22.8 Å². The largest absolute Gasteiger partial charge is 0.378 e. The molecule has 0 aliphatic carbocycles. The van der Waals surface area contributed by atoms with Gasteiger partial charge >= 0.3 is 0 Å². The molecule has 160 valence electrons. The molecular formula is C24H27ClFNO3. The summed E-state index contributed by atoms with van der Waals surface area (Å²) in [4.78, 5) is 14.6. The van der Waals surface area contributed by atoms with Gasteiger partial charge in [0.1, 0.15) is 5.82 Å². The fraction of sp³-hybridized carbons (Fsp3) is 0.458. The molecule has 30 heavy (non-hydrogen) atoms. The van der Waals surface area contributed by atoms with E-state index in [4.69, 9.17) is 21.1 Å². The third-order valence-electron chi connectivity index (χ3n) is 6.17. The molecule has 2 aromatic rings. The van der Waals surface area contributed by atoms with Crippen LogP contribution in [0.5, 0.6) is 0 Å². The van der Waals surface area contributed by atoms with E-state index in [2.05, 4.69) is 12.1 Å². The fourth-order valence-corrected chi connectivity index (χ4v) is 4.74. The first-order valence-corrected chi connectivity index (χ1v) is 11.0. The number of hydrogen-bond acceptors (Lipinski definition) is 3. The zero-order valence-corrected chi connectivity index (χ0v) is 17.9. The first kappa shape index (κ1) is 21.3. The van der Waals surface area contributed by atoms with Crippen LogP contribution in [0, 0.1) is 5.82 Å². The molecule has 0 bridgehead atoms. The van der Waals surface area contributed by atoms with Crippen LogP contribution in [0.2, 0.25) is 5.02 Å². The predicted octanol–water partition coefficient (Wildman–Crippen LogP) is 5.41. The van der Waals surface area contributed by atoms with Crippen molar-refractivity contribution in [2.45, 2.75) is 50.4 Å². The number of nitrogens with zero attached hydrogens (tertiary/aromatic N) is 1. The number of rotatable bonds is 4. The molecule has 2 atom stereocenters. The number of benzene rings is 2. The number of carbonyl (C=O) groups excluding carboxylic acids is 1. The number of amides is 1. The Labute approximate surface area is 181 Å². The molecule has 0 unspecified atom stereocenters. The Morgan fingerprint density at radius 1 is 1.23 bits per heavy atom. The Morgan fingerprint density at radius 2 is 1.97 bits per heavy atom. The summed E-state index contributed by atoms with van der Waals surface area (Å²) in [5, 5.41) is 0.0219. The number of likely N-dealkylation sites (tertiary alicyclic amines) is 1. The maximum atomic E-state index is 13.8. The summed E-state index contributed by atoms with van der Waals surface area (Å²) in [6.07, 6.45) is 3.28. The van der Waals surface area contributed by atoms with Crippen molar-refractivity contribution in [2.75, 3.05) is 19.7 Å². The molecule has 2 heterocycles. The van der Waals surface area contributed by atoms with E-state index in [1.165, 1.54) is 12.1 Å². The topological polar surface area (TPSA) is 38.8 Å².